The highest BCUT2D eigenvalue weighted by molar-refractivity contribution is 6.34. The summed E-state index contributed by atoms with van der Waals surface area (Å²) in [4.78, 5) is 0. The van der Waals surface area contributed by atoms with E-state index < -0.39 is 0 Å². The van der Waals surface area contributed by atoms with E-state index >= 15 is 0 Å². The summed E-state index contributed by atoms with van der Waals surface area (Å²) in [5.74, 6) is 0.930. The summed E-state index contributed by atoms with van der Waals surface area (Å²) in [5.41, 5.74) is 6.93. The van der Waals surface area contributed by atoms with Crippen LogP contribution in [0.5, 0.6) is 11.5 Å². The first kappa shape index (κ1) is 14.4. The summed E-state index contributed by atoms with van der Waals surface area (Å²) in [7, 11) is 0. The highest BCUT2D eigenvalue weighted by Crippen LogP contribution is 2.30. The number of rotatable bonds is 5. The minimum absolute atomic E-state index is 0.114. The Morgan fingerprint density at radius 3 is 2.50 bits per heavy atom. The fraction of sp³-hybridized carbons (Fsp3) is 0.133. The summed E-state index contributed by atoms with van der Waals surface area (Å²) in [6, 6.07) is 12.5. The van der Waals surface area contributed by atoms with Gasteiger partial charge in [-0.05, 0) is 36.2 Å². The van der Waals surface area contributed by atoms with Crippen LogP contribution in [0.15, 0.2) is 42.5 Å². The zero-order valence-corrected chi connectivity index (χ0v) is 11.5. The lowest BCUT2D eigenvalue weighted by molar-refractivity contribution is 0.299. The SMILES string of the molecule is N=C(N)c1c(Cl)cccc1Oc1ccc(CCO)cc1. The summed E-state index contributed by atoms with van der Waals surface area (Å²) >= 11 is 6.03. The van der Waals surface area contributed by atoms with Gasteiger partial charge in [-0.3, -0.25) is 5.41 Å². The Bertz CT molecular complexity index is 612. The van der Waals surface area contributed by atoms with Gasteiger partial charge in [-0.15, -0.1) is 0 Å². The molecule has 2 aromatic carbocycles. The molecular formula is C15H15ClN2O2. The molecule has 5 heteroatoms. The molecule has 0 atom stereocenters. The number of nitrogen functional groups attached to an aromatic ring is 1. The molecule has 0 bridgehead atoms. The third kappa shape index (κ3) is 3.29. The van der Waals surface area contributed by atoms with Crippen molar-refractivity contribution in [1.29, 1.82) is 5.41 Å². The monoisotopic (exact) mass is 290 g/mol. The highest BCUT2D eigenvalue weighted by Gasteiger charge is 2.11. The van der Waals surface area contributed by atoms with Gasteiger partial charge in [0, 0.05) is 6.61 Å². The summed E-state index contributed by atoms with van der Waals surface area (Å²) in [6.45, 7) is 0.114. The molecule has 20 heavy (non-hydrogen) atoms. The van der Waals surface area contributed by atoms with Crippen LogP contribution in [-0.2, 0) is 6.42 Å². The molecule has 0 aromatic heterocycles. The van der Waals surface area contributed by atoms with E-state index in [0.29, 0.717) is 28.5 Å². The van der Waals surface area contributed by atoms with Gasteiger partial charge in [-0.25, -0.2) is 0 Å². The molecule has 2 rings (SSSR count). The van der Waals surface area contributed by atoms with Crippen LogP contribution >= 0.6 is 11.6 Å². The Labute approximate surface area is 122 Å². The van der Waals surface area contributed by atoms with E-state index in [9.17, 15) is 0 Å². The minimum atomic E-state index is -0.137. The van der Waals surface area contributed by atoms with Crippen molar-refractivity contribution in [3.63, 3.8) is 0 Å². The fourth-order valence-electron chi connectivity index (χ4n) is 1.83. The van der Waals surface area contributed by atoms with Crippen molar-refractivity contribution in [2.24, 2.45) is 5.73 Å². The Hall–Kier alpha value is -2.04. The first-order chi connectivity index (χ1) is 9.61. The first-order valence-corrected chi connectivity index (χ1v) is 6.50. The Kier molecular flexibility index (Phi) is 4.61. The van der Waals surface area contributed by atoms with E-state index in [0.717, 1.165) is 5.56 Å². The van der Waals surface area contributed by atoms with Gasteiger partial charge in [-0.1, -0.05) is 29.8 Å². The van der Waals surface area contributed by atoms with Crippen LogP contribution < -0.4 is 10.5 Å². The second kappa shape index (κ2) is 6.41. The molecular weight excluding hydrogens is 276 g/mol. The summed E-state index contributed by atoms with van der Waals surface area (Å²) in [5, 5.41) is 16.8. The Morgan fingerprint density at radius 1 is 1.20 bits per heavy atom. The molecule has 0 aliphatic heterocycles. The van der Waals surface area contributed by atoms with Crippen LogP contribution in [0.25, 0.3) is 0 Å². The predicted molar refractivity (Wildman–Crippen MR) is 79.8 cm³/mol. The maximum Gasteiger partial charge on any atom is 0.139 e. The zero-order valence-electron chi connectivity index (χ0n) is 10.8. The molecule has 0 saturated heterocycles. The number of halogens is 1. The molecule has 0 unspecified atom stereocenters. The molecule has 0 saturated carbocycles. The second-order valence-corrected chi connectivity index (χ2v) is 4.65. The van der Waals surface area contributed by atoms with Crippen molar-refractivity contribution in [2.75, 3.05) is 6.61 Å². The minimum Gasteiger partial charge on any atom is -0.457 e. The lowest BCUT2D eigenvalue weighted by Gasteiger charge is -2.12. The summed E-state index contributed by atoms with van der Waals surface area (Å²) in [6.07, 6.45) is 0.607. The van der Waals surface area contributed by atoms with Gasteiger partial charge in [-0.2, -0.15) is 0 Å². The predicted octanol–water partition coefficient (Wildman–Crippen LogP) is 2.95. The van der Waals surface area contributed by atoms with Crippen LogP contribution in [0.2, 0.25) is 5.02 Å². The zero-order chi connectivity index (χ0) is 14.5. The van der Waals surface area contributed by atoms with Crippen LogP contribution in [0.4, 0.5) is 0 Å². The number of aliphatic hydroxyl groups excluding tert-OH is 1. The number of ether oxygens (including phenoxy) is 1. The van der Waals surface area contributed by atoms with E-state index in [1.54, 1.807) is 30.3 Å². The molecule has 4 nitrogen and oxygen atoms in total. The Morgan fingerprint density at radius 2 is 1.90 bits per heavy atom. The Balaban J connectivity index is 2.26. The van der Waals surface area contributed by atoms with Crippen molar-refractivity contribution in [3.05, 3.63) is 58.6 Å². The van der Waals surface area contributed by atoms with Crippen LogP contribution in [-0.4, -0.2) is 17.5 Å². The van der Waals surface area contributed by atoms with Gasteiger partial charge in [0.2, 0.25) is 0 Å². The van der Waals surface area contributed by atoms with Gasteiger partial charge in [0.25, 0.3) is 0 Å². The number of aliphatic hydroxyl groups is 1. The first-order valence-electron chi connectivity index (χ1n) is 6.12. The molecule has 0 amide bonds. The molecule has 0 heterocycles. The van der Waals surface area contributed by atoms with Crippen molar-refractivity contribution in [1.82, 2.24) is 0 Å². The van der Waals surface area contributed by atoms with E-state index in [1.807, 2.05) is 12.1 Å². The average molecular weight is 291 g/mol. The van der Waals surface area contributed by atoms with Crippen LogP contribution in [0.3, 0.4) is 0 Å². The van der Waals surface area contributed by atoms with Gasteiger partial charge in [0.05, 0.1) is 10.6 Å². The number of amidine groups is 1. The third-order valence-corrected chi connectivity index (χ3v) is 3.11. The van der Waals surface area contributed by atoms with Crippen LogP contribution in [0, 0.1) is 5.41 Å². The van der Waals surface area contributed by atoms with E-state index in [4.69, 9.17) is 32.6 Å². The van der Waals surface area contributed by atoms with Gasteiger partial charge in [0.1, 0.15) is 17.3 Å². The molecule has 0 spiro atoms. The van der Waals surface area contributed by atoms with Crippen molar-refractivity contribution in [3.8, 4) is 11.5 Å². The highest BCUT2D eigenvalue weighted by atomic mass is 35.5. The molecule has 2 aromatic rings. The van der Waals surface area contributed by atoms with Crippen molar-refractivity contribution in [2.45, 2.75) is 6.42 Å². The van der Waals surface area contributed by atoms with Gasteiger partial charge >= 0.3 is 0 Å². The van der Waals surface area contributed by atoms with Crippen LogP contribution in [0.1, 0.15) is 11.1 Å². The topological polar surface area (TPSA) is 79.3 Å². The van der Waals surface area contributed by atoms with Crippen molar-refractivity contribution < 1.29 is 9.84 Å². The van der Waals surface area contributed by atoms with E-state index in [-0.39, 0.29) is 12.4 Å². The molecule has 0 fully saturated rings. The lowest BCUT2D eigenvalue weighted by Crippen LogP contribution is -2.13. The largest absolute Gasteiger partial charge is 0.457 e. The number of benzene rings is 2. The normalized spacial score (nSPS) is 10.3. The number of nitrogens with one attached hydrogen (secondary N) is 1. The molecule has 0 radical (unpaired) electrons. The second-order valence-electron chi connectivity index (χ2n) is 4.25. The number of hydrogen-bond acceptors (Lipinski definition) is 3. The third-order valence-electron chi connectivity index (χ3n) is 2.80. The maximum atomic E-state index is 8.87. The maximum absolute atomic E-state index is 8.87. The average Bonchev–Trinajstić information content (AvgIpc) is 2.41. The molecule has 0 aliphatic rings. The molecule has 104 valence electrons. The van der Waals surface area contributed by atoms with Gasteiger partial charge < -0.3 is 15.6 Å². The fourth-order valence-corrected chi connectivity index (χ4v) is 2.10. The smallest absolute Gasteiger partial charge is 0.139 e. The van der Waals surface area contributed by atoms with E-state index in [2.05, 4.69) is 0 Å². The standard InChI is InChI=1S/C15H15ClN2O2/c16-12-2-1-3-13(14(12)15(17)18)20-11-6-4-10(5-7-11)8-9-19/h1-7,19H,8-9H2,(H3,17,18). The summed E-state index contributed by atoms with van der Waals surface area (Å²) < 4.78 is 5.72. The number of hydrogen-bond donors (Lipinski definition) is 3. The van der Waals surface area contributed by atoms with E-state index in [1.165, 1.54) is 0 Å². The number of nitrogens with two attached hydrogens (primary N) is 1. The molecule has 4 N–H and O–H groups in total. The lowest BCUT2D eigenvalue weighted by atomic mass is 10.1. The molecule has 0 aliphatic carbocycles. The quantitative estimate of drug-likeness (QED) is 0.585. The van der Waals surface area contributed by atoms with Gasteiger partial charge in [0.15, 0.2) is 0 Å². The van der Waals surface area contributed by atoms with Crippen molar-refractivity contribution >= 4 is 17.4 Å².